The van der Waals surface area contributed by atoms with Gasteiger partial charge in [-0.05, 0) is 35.3 Å². The molecule has 6 nitrogen and oxygen atoms in total. The standard InChI is InChI=1S/C11H13BrN2O4/c1-6-8(12)5-7(11(18)14-6)10(17)13-4-2-3-9(15)16/h5H,2-4H2,1H3,(H,13,17)(H,14,18)(H,15,16). The van der Waals surface area contributed by atoms with Crippen LogP contribution in [0.5, 0.6) is 0 Å². The number of aromatic nitrogens is 1. The number of H-pyrrole nitrogens is 1. The van der Waals surface area contributed by atoms with E-state index in [4.69, 9.17) is 5.11 Å². The molecule has 0 radical (unpaired) electrons. The van der Waals surface area contributed by atoms with E-state index < -0.39 is 17.4 Å². The Labute approximate surface area is 112 Å². The minimum Gasteiger partial charge on any atom is -0.481 e. The van der Waals surface area contributed by atoms with Gasteiger partial charge in [-0.15, -0.1) is 0 Å². The van der Waals surface area contributed by atoms with Gasteiger partial charge in [0.15, 0.2) is 0 Å². The number of aliphatic carboxylic acids is 1. The number of aryl methyl sites for hydroxylation is 1. The average Bonchev–Trinajstić information content (AvgIpc) is 2.28. The summed E-state index contributed by atoms with van der Waals surface area (Å²) in [6.07, 6.45) is 0.306. The molecule has 1 heterocycles. The van der Waals surface area contributed by atoms with Crippen LogP contribution >= 0.6 is 15.9 Å². The Morgan fingerprint density at radius 2 is 2.17 bits per heavy atom. The number of hydrogen-bond acceptors (Lipinski definition) is 3. The van der Waals surface area contributed by atoms with E-state index in [0.717, 1.165) is 0 Å². The Balaban J connectivity index is 2.65. The van der Waals surface area contributed by atoms with Crippen molar-refractivity contribution in [1.82, 2.24) is 10.3 Å². The lowest BCUT2D eigenvalue weighted by molar-refractivity contribution is -0.137. The van der Waals surface area contributed by atoms with Crippen LogP contribution in [0, 0.1) is 6.92 Å². The summed E-state index contributed by atoms with van der Waals surface area (Å²) in [4.78, 5) is 36.0. The molecular formula is C11H13BrN2O4. The van der Waals surface area contributed by atoms with Gasteiger partial charge in [0.25, 0.3) is 11.5 Å². The lowest BCUT2D eigenvalue weighted by atomic mass is 10.2. The van der Waals surface area contributed by atoms with E-state index in [-0.39, 0.29) is 18.5 Å². The normalized spacial score (nSPS) is 10.1. The van der Waals surface area contributed by atoms with Crippen molar-refractivity contribution in [1.29, 1.82) is 0 Å². The third-order valence-corrected chi connectivity index (χ3v) is 3.10. The molecule has 0 aliphatic heterocycles. The SMILES string of the molecule is Cc1[nH]c(=O)c(C(=O)NCCCC(=O)O)cc1Br. The molecule has 98 valence electrons. The van der Waals surface area contributed by atoms with Gasteiger partial charge in [-0.3, -0.25) is 14.4 Å². The summed E-state index contributed by atoms with van der Waals surface area (Å²) in [6.45, 7) is 1.93. The molecule has 0 aromatic carbocycles. The number of nitrogens with one attached hydrogen (secondary N) is 2. The Hall–Kier alpha value is -1.63. The number of carboxylic acids is 1. The highest BCUT2D eigenvalue weighted by atomic mass is 79.9. The topological polar surface area (TPSA) is 99.3 Å². The van der Waals surface area contributed by atoms with Gasteiger partial charge in [0.05, 0.1) is 0 Å². The van der Waals surface area contributed by atoms with Crippen LogP contribution in [-0.4, -0.2) is 28.5 Å². The smallest absolute Gasteiger partial charge is 0.303 e. The summed E-state index contributed by atoms with van der Waals surface area (Å²) in [5, 5.41) is 10.9. The van der Waals surface area contributed by atoms with E-state index >= 15 is 0 Å². The molecule has 0 unspecified atom stereocenters. The van der Waals surface area contributed by atoms with Crippen LogP contribution in [0.15, 0.2) is 15.3 Å². The van der Waals surface area contributed by atoms with Crippen LogP contribution in [0.1, 0.15) is 28.9 Å². The number of carbonyl (C=O) groups excluding carboxylic acids is 1. The van der Waals surface area contributed by atoms with Crippen LogP contribution in [0.2, 0.25) is 0 Å². The number of pyridine rings is 1. The van der Waals surface area contributed by atoms with Crippen molar-refractivity contribution in [3.05, 3.63) is 32.2 Å². The second-order valence-electron chi connectivity index (χ2n) is 3.74. The van der Waals surface area contributed by atoms with Crippen molar-refractivity contribution in [3.63, 3.8) is 0 Å². The summed E-state index contributed by atoms with van der Waals surface area (Å²) in [5.74, 6) is -1.43. The summed E-state index contributed by atoms with van der Waals surface area (Å²) in [6, 6.07) is 1.45. The van der Waals surface area contributed by atoms with Crippen molar-refractivity contribution >= 4 is 27.8 Å². The number of rotatable bonds is 5. The van der Waals surface area contributed by atoms with Crippen molar-refractivity contribution in [2.24, 2.45) is 0 Å². The Bertz CT molecular complexity index is 524. The van der Waals surface area contributed by atoms with E-state index in [2.05, 4.69) is 26.2 Å². The third kappa shape index (κ3) is 3.99. The molecule has 0 saturated carbocycles. The number of halogens is 1. The lowest BCUT2D eigenvalue weighted by Crippen LogP contribution is -2.30. The first kappa shape index (κ1) is 14.4. The molecular weight excluding hydrogens is 304 g/mol. The zero-order valence-corrected chi connectivity index (χ0v) is 11.3. The molecule has 3 N–H and O–H groups in total. The first-order chi connectivity index (χ1) is 8.41. The Morgan fingerprint density at radius 3 is 2.78 bits per heavy atom. The fourth-order valence-corrected chi connectivity index (χ4v) is 1.63. The molecule has 0 atom stereocenters. The monoisotopic (exact) mass is 316 g/mol. The highest BCUT2D eigenvalue weighted by Crippen LogP contribution is 2.12. The number of carbonyl (C=O) groups is 2. The number of carboxylic acid groups (broad SMARTS) is 1. The molecule has 7 heteroatoms. The van der Waals surface area contributed by atoms with E-state index in [0.29, 0.717) is 16.6 Å². The molecule has 18 heavy (non-hydrogen) atoms. The molecule has 0 aliphatic rings. The summed E-state index contributed by atoms with van der Waals surface area (Å²) < 4.78 is 0.637. The predicted octanol–water partition coefficient (Wildman–Crippen LogP) is 1.04. The van der Waals surface area contributed by atoms with Gasteiger partial charge in [-0.25, -0.2) is 0 Å². The molecule has 0 bridgehead atoms. The van der Waals surface area contributed by atoms with E-state index in [1.807, 2.05) is 0 Å². The van der Waals surface area contributed by atoms with Crippen LogP contribution < -0.4 is 10.9 Å². The van der Waals surface area contributed by atoms with Crippen LogP contribution in [-0.2, 0) is 4.79 Å². The van der Waals surface area contributed by atoms with Crippen molar-refractivity contribution in [3.8, 4) is 0 Å². The van der Waals surface area contributed by atoms with E-state index in [9.17, 15) is 14.4 Å². The molecule has 0 saturated heterocycles. The Kier molecular flexibility index (Phi) is 5.08. The number of hydrogen-bond donors (Lipinski definition) is 3. The molecule has 0 fully saturated rings. The van der Waals surface area contributed by atoms with Gasteiger partial charge in [-0.2, -0.15) is 0 Å². The summed E-state index contributed by atoms with van der Waals surface area (Å²) in [7, 11) is 0. The zero-order chi connectivity index (χ0) is 13.7. The summed E-state index contributed by atoms with van der Waals surface area (Å²) in [5.41, 5.74) is 0.177. The first-order valence-corrected chi connectivity index (χ1v) is 6.10. The number of amides is 1. The maximum absolute atomic E-state index is 11.7. The molecule has 1 amide bonds. The first-order valence-electron chi connectivity index (χ1n) is 5.31. The van der Waals surface area contributed by atoms with Crippen LogP contribution in [0.3, 0.4) is 0 Å². The van der Waals surface area contributed by atoms with Gasteiger partial charge >= 0.3 is 5.97 Å². The number of aromatic amines is 1. The Morgan fingerprint density at radius 1 is 1.50 bits per heavy atom. The quantitative estimate of drug-likeness (QED) is 0.707. The zero-order valence-electron chi connectivity index (χ0n) is 9.75. The molecule has 1 aromatic rings. The van der Waals surface area contributed by atoms with Gasteiger partial charge in [0, 0.05) is 23.1 Å². The lowest BCUT2D eigenvalue weighted by Gasteiger charge is -2.05. The maximum Gasteiger partial charge on any atom is 0.303 e. The molecule has 1 aromatic heterocycles. The average molecular weight is 317 g/mol. The fraction of sp³-hybridized carbons (Fsp3) is 0.364. The minimum atomic E-state index is -0.917. The van der Waals surface area contributed by atoms with E-state index in [1.54, 1.807) is 6.92 Å². The van der Waals surface area contributed by atoms with Crippen LogP contribution in [0.4, 0.5) is 0 Å². The highest BCUT2D eigenvalue weighted by molar-refractivity contribution is 9.10. The van der Waals surface area contributed by atoms with Gasteiger partial charge in [-0.1, -0.05) is 0 Å². The highest BCUT2D eigenvalue weighted by Gasteiger charge is 2.12. The second-order valence-corrected chi connectivity index (χ2v) is 4.59. The third-order valence-electron chi connectivity index (χ3n) is 2.27. The second kappa shape index (κ2) is 6.34. The fourth-order valence-electron chi connectivity index (χ4n) is 1.30. The van der Waals surface area contributed by atoms with Crippen molar-refractivity contribution < 1.29 is 14.7 Å². The van der Waals surface area contributed by atoms with Gasteiger partial charge in [0.2, 0.25) is 0 Å². The van der Waals surface area contributed by atoms with Crippen molar-refractivity contribution in [2.45, 2.75) is 19.8 Å². The van der Waals surface area contributed by atoms with Gasteiger partial charge < -0.3 is 15.4 Å². The molecule has 0 aliphatic carbocycles. The molecule has 0 spiro atoms. The minimum absolute atomic E-state index is 0.00259. The maximum atomic E-state index is 11.7. The van der Waals surface area contributed by atoms with Crippen molar-refractivity contribution in [2.75, 3.05) is 6.54 Å². The predicted molar refractivity (Wildman–Crippen MR) is 68.7 cm³/mol. The largest absolute Gasteiger partial charge is 0.481 e. The van der Waals surface area contributed by atoms with E-state index in [1.165, 1.54) is 6.07 Å². The van der Waals surface area contributed by atoms with Gasteiger partial charge in [0.1, 0.15) is 5.56 Å². The summed E-state index contributed by atoms with van der Waals surface area (Å²) >= 11 is 3.22. The van der Waals surface area contributed by atoms with Crippen LogP contribution in [0.25, 0.3) is 0 Å². The molecule has 1 rings (SSSR count).